The van der Waals surface area contributed by atoms with Gasteiger partial charge in [-0.1, -0.05) is 60.1 Å². The molecule has 0 unspecified atom stereocenters. The van der Waals surface area contributed by atoms with Gasteiger partial charge in [-0.2, -0.15) is 0 Å². The molecular formula is C20H18ClNO2. The van der Waals surface area contributed by atoms with Crippen molar-refractivity contribution >= 4 is 28.3 Å². The van der Waals surface area contributed by atoms with Crippen molar-refractivity contribution in [3.8, 4) is 5.75 Å². The Bertz CT molecular complexity index is 858. The third-order valence-corrected chi connectivity index (χ3v) is 4.05. The van der Waals surface area contributed by atoms with E-state index in [-0.39, 0.29) is 5.91 Å². The van der Waals surface area contributed by atoms with Gasteiger partial charge in [0.25, 0.3) is 5.91 Å². The van der Waals surface area contributed by atoms with Crippen LogP contribution in [0, 0.1) is 0 Å². The molecule has 0 saturated carbocycles. The van der Waals surface area contributed by atoms with Gasteiger partial charge in [0.15, 0.2) is 6.10 Å². The van der Waals surface area contributed by atoms with Crippen LogP contribution in [0.25, 0.3) is 10.8 Å². The van der Waals surface area contributed by atoms with Crippen LogP contribution in [0.3, 0.4) is 0 Å². The highest BCUT2D eigenvalue weighted by Crippen LogP contribution is 2.19. The van der Waals surface area contributed by atoms with E-state index in [4.69, 9.17) is 16.3 Å². The monoisotopic (exact) mass is 339 g/mol. The molecule has 1 N–H and O–H groups in total. The SMILES string of the molecule is C[C@H](Oc1cccc(Cl)c1)C(=O)NCc1cccc2ccccc12. The number of hydrogen-bond acceptors (Lipinski definition) is 2. The first-order chi connectivity index (χ1) is 11.6. The molecule has 24 heavy (non-hydrogen) atoms. The molecule has 1 atom stereocenters. The number of fused-ring (bicyclic) bond motifs is 1. The highest BCUT2D eigenvalue weighted by atomic mass is 35.5. The molecular weight excluding hydrogens is 322 g/mol. The van der Waals surface area contributed by atoms with Crippen molar-refractivity contribution in [2.75, 3.05) is 0 Å². The van der Waals surface area contributed by atoms with Gasteiger partial charge in [0.2, 0.25) is 0 Å². The zero-order valence-corrected chi connectivity index (χ0v) is 14.1. The number of rotatable bonds is 5. The van der Waals surface area contributed by atoms with E-state index in [1.165, 1.54) is 0 Å². The van der Waals surface area contributed by atoms with Crippen molar-refractivity contribution in [1.29, 1.82) is 0 Å². The Morgan fingerprint density at radius 2 is 1.83 bits per heavy atom. The Kier molecular flexibility index (Phi) is 5.02. The van der Waals surface area contributed by atoms with E-state index >= 15 is 0 Å². The van der Waals surface area contributed by atoms with Crippen LogP contribution < -0.4 is 10.1 Å². The lowest BCUT2D eigenvalue weighted by Gasteiger charge is -2.15. The van der Waals surface area contributed by atoms with E-state index in [1.54, 1.807) is 31.2 Å². The van der Waals surface area contributed by atoms with Gasteiger partial charge < -0.3 is 10.1 Å². The van der Waals surface area contributed by atoms with E-state index in [2.05, 4.69) is 23.5 Å². The van der Waals surface area contributed by atoms with E-state index in [9.17, 15) is 4.79 Å². The lowest BCUT2D eigenvalue weighted by Crippen LogP contribution is -2.35. The minimum Gasteiger partial charge on any atom is -0.481 e. The maximum atomic E-state index is 12.3. The number of halogens is 1. The molecule has 3 rings (SSSR count). The minimum atomic E-state index is -0.599. The third kappa shape index (κ3) is 3.87. The van der Waals surface area contributed by atoms with Gasteiger partial charge in [0.05, 0.1) is 0 Å². The van der Waals surface area contributed by atoms with E-state index in [1.807, 2.05) is 24.3 Å². The number of hydrogen-bond donors (Lipinski definition) is 1. The molecule has 0 spiro atoms. The summed E-state index contributed by atoms with van der Waals surface area (Å²) in [5.41, 5.74) is 1.08. The summed E-state index contributed by atoms with van der Waals surface area (Å²) in [4.78, 5) is 12.3. The Hall–Kier alpha value is -2.52. The summed E-state index contributed by atoms with van der Waals surface area (Å²) < 4.78 is 5.64. The summed E-state index contributed by atoms with van der Waals surface area (Å²) in [5.74, 6) is 0.415. The largest absolute Gasteiger partial charge is 0.481 e. The smallest absolute Gasteiger partial charge is 0.261 e. The summed E-state index contributed by atoms with van der Waals surface area (Å²) in [6.45, 7) is 2.18. The Balaban J connectivity index is 1.64. The summed E-state index contributed by atoms with van der Waals surface area (Å²) in [5, 5.41) is 5.81. The summed E-state index contributed by atoms with van der Waals surface area (Å²) in [6, 6.07) is 21.2. The van der Waals surface area contributed by atoms with Crippen LogP contribution in [-0.2, 0) is 11.3 Å². The first kappa shape index (κ1) is 16.3. The van der Waals surface area contributed by atoms with Crippen molar-refractivity contribution in [2.45, 2.75) is 19.6 Å². The van der Waals surface area contributed by atoms with Crippen LogP contribution in [-0.4, -0.2) is 12.0 Å². The van der Waals surface area contributed by atoms with E-state index in [0.717, 1.165) is 16.3 Å². The quantitative estimate of drug-likeness (QED) is 0.739. The number of ether oxygens (including phenoxy) is 1. The minimum absolute atomic E-state index is 0.164. The van der Waals surface area contributed by atoms with Gasteiger partial charge in [-0.3, -0.25) is 4.79 Å². The van der Waals surface area contributed by atoms with Crippen molar-refractivity contribution in [1.82, 2.24) is 5.32 Å². The van der Waals surface area contributed by atoms with Crippen molar-refractivity contribution in [3.05, 3.63) is 77.3 Å². The summed E-state index contributed by atoms with van der Waals surface area (Å²) in [6.07, 6.45) is -0.599. The molecule has 1 amide bonds. The van der Waals surface area contributed by atoms with Crippen LogP contribution in [0.15, 0.2) is 66.7 Å². The predicted octanol–water partition coefficient (Wildman–Crippen LogP) is 4.58. The molecule has 122 valence electrons. The lowest BCUT2D eigenvalue weighted by atomic mass is 10.0. The fourth-order valence-electron chi connectivity index (χ4n) is 2.57. The zero-order chi connectivity index (χ0) is 16.9. The highest BCUT2D eigenvalue weighted by Gasteiger charge is 2.14. The number of carbonyl (C=O) groups excluding carboxylic acids is 1. The molecule has 0 aliphatic carbocycles. The maximum Gasteiger partial charge on any atom is 0.261 e. The molecule has 0 radical (unpaired) electrons. The van der Waals surface area contributed by atoms with Gasteiger partial charge in [-0.25, -0.2) is 0 Å². The predicted molar refractivity (Wildman–Crippen MR) is 97.3 cm³/mol. The third-order valence-electron chi connectivity index (χ3n) is 3.81. The second-order valence-corrected chi connectivity index (χ2v) is 6.01. The van der Waals surface area contributed by atoms with Crippen LogP contribution in [0.5, 0.6) is 5.75 Å². The maximum absolute atomic E-state index is 12.3. The first-order valence-electron chi connectivity index (χ1n) is 7.80. The second kappa shape index (κ2) is 7.37. The molecule has 0 saturated heterocycles. The molecule has 3 nitrogen and oxygen atoms in total. The average molecular weight is 340 g/mol. The van der Waals surface area contributed by atoms with Gasteiger partial charge in [-0.15, -0.1) is 0 Å². The topological polar surface area (TPSA) is 38.3 Å². The summed E-state index contributed by atoms with van der Waals surface area (Å²) in [7, 11) is 0. The molecule has 0 bridgehead atoms. The van der Waals surface area contributed by atoms with Gasteiger partial charge >= 0.3 is 0 Å². The highest BCUT2D eigenvalue weighted by molar-refractivity contribution is 6.30. The molecule has 0 fully saturated rings. The Morgan fingerprint density at radius 3 is 2.67 bits per heavy atom. The Labute approximate surface area is 146 Å². The molecule has 3 aromatic rings. The molecule has 3 aromatic carbocycles. The first-order valence-corrected chi connectivity index (χ1v) is 8.18. The van der Waals surface area contributed by atoms with Crippen molar-refractivity contribution in [3.63, 3.8) is 0 Å². The van der Waals surface area contributed by atoms with Gasteiger partial charge in [0, 0.05) is 11.6 Å². The zero-order valence-electron chi connectivity index (χ0n) is 13.3. The molecule has 4 heteroatoms. The second-order valence-electron chi connectivity index (χ2n) is 5.57. The Morgan fingerprint density at radius 1 is 1.08 bits per heavy atom. The van der Waals surface area contributed by atoms with Crippen LogP contribution >= 0.6 is 11.6 Å². The van der Waals surface area contributed by atoms with Crippen LogP contribution in [0.1, 0.15) is 12.5 Å². The molecule has 0 aliphatic rings. The van der Waals surface area contributed by atoms with Gasteiger partial charge in [-0.05, 0) is 41.5 Å². The standard InChI is InChI=1S/C20H18ClNO2/c1-14(24-18-10-5-9-17(21)12-18)20(23)22-13-16-8-4-7-15-6-2-3-11-19(15)16/h2-12,14H,13H2,1H3,(H,22,23)/t14-/m0/s1. The van der Waals surface area contributed by atoms with Gasteiger partial charge in [0.1, 0.15) is 5.75 Å². The molecule has 0 heterocycles. The fourth-order valence-corrected chi connectivity index (χ4v) is 2.75. The van der Waals surface area contributed by atoms with E-state index < -0.39 is 6.10 Å². The summed E-state index contributed by atoms with van der Waals surface area (Å²) >= 11 is 5.92. The number of amides is 1. The lowest BCUT2D eigenvalue weighted by molar-refractivity contribution is -0.127. The number of nitrogens with one attached hydrogen (secondary N) is 1. The van der Waals surface area contributed by atoms with Crippen LogP contribution in [0.2, 0.25) is 5.02 Å². The molecule has 0 aliphatic heterocycles. The normalized spacial score (nSPS) is 11.9. The van der Waals surface area contributed by atoms with Crippen molar-refractivity contribution < 1.29 is 9.53 Å². The van der Waals surface area contributed by atoms with Crippen LogP contribution in [0.4, 0.5) is 0 Å². The van der Waals surface area contributed by atoms with E-state index in [0.29, 0.717) is 17.3 Å². The number of carbonyl (C=O) groups is 1. The molecule has 0 aromatic heterocycles. The average Bonchev–Trinajstić information content (AvgIpc) is 2.59. The van der Waals surface area contributed by atoms with Crippen molar-refractivity contribution in [2.24, 2.45) is 0 Å². The number of benzene rings is 3. The fraction of sp³-hybridized carbons (Fsp3) is 0.150.